The van der Waals surface area contributed by atoms with Crippen LogP contribution in [-0.2, 0) is 27.9 Å². The fourth-order valence-electron chi connectivity index (χ4n) is 3.89. The van der Waals surface area contributed by atoms with E-state index in [1.807, 2.05) is 48.5 Å². The van der Waals surface area contributed by atoms with Crippen LogP contribution < -0.4 is 5.32 Å². The van der Waals surface area contributed by atoms with Crippen molar-refractivity contribution in [3.05, 3.63) is 87.1 Å². The number of sulfonamides is 1. The summed E-state index contributed by atoms with van der Waals surface area (Å²) in [5, 5.41) is 12.1. The first-order valence-electron chi connectivity index (χ1n) is 10.7. The Labute approximate surface area is 208 Å². The molecule has 1 saturated heterocycles. The van der Waals surface area contributed by atoms with E-state index in [0.29, 0.717) is 24.0 Å². The van der Waals surface area contributed by atoms with E-state index < -0.39 is 16.1 Å². The summed E-state index contributed by atoms with van der Waals surface area (Å²) >= 11 is 7.52. The molecule has 0 radical (unpaired) electrons. The summed E-state index contributed by atoms with van der Waals surface area (Å²) in [5.41, 5.74) is 1.17. The number of nitrogens with zero attached hydrogens (tertiary/aromatic N) is 3. The van der Waals surface area contributed by atoms with Gasteiger partial charge in [-0.1, -0.05) is 48.0 Å². The van der Waals surface area contributed by atoms with Crippen LogP contribution in [0.2, 0.25) is 4.34 Å². The van der Waals surface area contributed by atoms with Crippen molar-refractivity contribution in [3.8, 4) is 6.07 Å². The zero-order chi connectivity index (χ0) is 24.1. The number of piperazine rings is 1. The third-order valence-electron chi connectivity index (χ3n) is 5.61. The molecule has 7 nitrogen and oxygen atoms in total. The number of carbonyl (C=O) groups excluding carboxylic acids is 1. The molecule has 1 unspecified atom stereocenters. The van der Waals surface area contributed by atoms with Crippen LogP contribution in [0.15, 0.2) is 71.6 Å². The molecule has 3 aromatic rings. The second kappa shape index (κ2) is 10.7. The summed E-state index contributed by atoms with van der Waals surface area (Å²) in [7, 11) is -3.99. The maximum absolute atomic E-state index is 13.5. The Morgan fingerprint density at radius 1 is 1.12 bits per heavy atom. The summed E-state index contributed by atoms with van der Waals surface area (Å²) in [6, 6.07) is 20.2. The van der Waals surface area contributed by atoms with Crippen LogP contribution in [0.4, 0.5) is 0 Å². The van der Waals surface area contributed by atoms with Gasteiger partial charge in [-0.2, -0.15) is 9.57 Å². The van der Waals surface area contributed by atoms with E-state index in [9.17, 15) is 18.5 Å². The first kappa shape index (κ1) is 24.4. The Bertz CT molecular complexity index is 1310. The van der Waals surface area contributed by atoms with Crippen molar-refractivity contribution in [2.75, 3.05) is 19.6 Å². The summed E-state index contributed by atoms with van der Waals surface area (Å²) < 4.78 is 29.0. The molecule has 1 aliphatic rings. The molecule has 1 fully saturated rings. The summed E-state index contributed by atoms with van der Waals surface area (Å²) in [5.74, 6) is -0.363. The lowest BCUT2D eigenvalue weighted by molar-refractivity contribution is -0.126. The van der Waals surface area contributed by atoms with Gasteiger partial charge in [-0.15, -0.1) is 11.3 Å². The molecule has 1 aliphatic heterocycles. The summed E-state index contributed by atoms with van der Waals surface area (Å²) in [6.07, 6.45) is 0. The predicted molar refractivity (Wildman–Crippen MR) is 132 cm³/mol. The Morgan fingerprint density at radius 2 is 1.91 bits per heavy atom. The van der Waals surface area contributed by atoms with Crippen LogP contribution in [0.3, 0.4) is 0 Å². The number of hydrogen-bond acceptors (Lipinski definition) is 6. The summed E-state index contributed by atoms with van der Waals surface area (Å²) in [4.78, 5) is 16.4. The average molecular weight is 515 g/mol. The molecule has 34 heavy (non-hydrogen) atoms. The minimum Gasteiger partial charge on any atom is -0.351 e. The van der Waals surface area contributed by atoms with E-state index >= 15 is 0 Å². The first-order chi connectivity index (χ1) is 16.4. The molecular formula is C24H23ClN4O3S2. The number of nitriles is 1. The lowest BCUT2D eigenvalue weighted by atomic mass is 10.1. The van der Waals surface area contributed by atoms with Gasteiger partial charge >= 0.3 is 0 Å². The van der Waals surface area contributed by atoms with Crippen LogP contribution in [0.25, 0.3) is 0 Å². The molecule has 176 valence electrons. The van der Waals surface area contributed by atoms with E-state index in [0.717, 1.165) is 10.4 Å². The third kappa shape index (κ3) is 5.66. The summed E-state index contributed by atoms with van der Waals surface area (Å²) in [6.45, 7) is 1.75. The van der Waals surface area contributed by atoms with Crippen LogP contribution in [0, 0.1) is 11.3 Å². The second-order valence-corrected chi connectivity index (χ2v) is 11.6. The molecule has 1 atom stereocenters. The van der Waals surface area contributed by atoms with Crippen molar-refractivity contribution < 1.29 is 13.2 Å². The fraction of sp³-hybridized carbons (Fsp3) is 0.250. The van der Waals surface area contributed by atoms with Gasteiger partial charge in [-0.3, -0.25) is 9.69 Å². The standard InChI is InChI=1S/C24H23ClN4O3S2/c25-23-10-9-20(33-23)16-28-11-12-29(34(31,32)21-8-4-7-19(13-21)14-26)22(17-28)24(30)27-15-18-5-2-1-3-6-18/h1-10,13,22H,11-12,15-17H2,(H,27,30). The van der Waals surface area contributed by atoms with Crippen LogP contribution in [-0.4, -0.2) is 49.2 Å². The van der Waals surface area contributed by atoms with Gasteiger partial charge < -0.3 is 5.32 Å². The number of thiophene rings is 1. The third-order valence-corrected chi connectivity index (χ3v) is 8.73. The molecule has 2 heterocycles. The minimum atomic E-state index is -3.99. The number of amides is 1. The number of halogens is 1. The van der Waals surface area contributed by atoms with Gasteiger partial charge in [-0.25, -0.2) is 8.42 Å². The van der Waals surface area contributed by atoms with Gasteiger partial charge in [0.2, 0.25) is 15.9 Å². The lowest BCUT2D eigenvalue weighted by Crippen LogP contribution is -2.60. The number of hydrogen-bond donors (Lipinski definition) is 1. The van der Waals surface area contributed by atoms with E-state index in [4.69, 9.17) is 11.6 Å². The van der Waals surface area contributed by atoms with Gasteiger partial charge in [0.05, 0.1) is 20.9 Å². The van der Waals surface area contributed by atoms with Crippen LogP contribution in [0.1, 0.15) is 16.0 Å². The lowest BCUT2D eigenvalue weighted by Gasteiger charge is -2.39. The molecule has 0 bridgehead atoms. The Kier molecular flexibility index (Phi) is 7.66. The first-order valence-corrected chi connectivity index (χ1v) is 13.3. The highest BCUT2D eigenvalue weighted by Gasteiger charge is 2.40. The molecule has 1 amide bonds. The van der Waals surface area contributed by atoms with Gasteiger partial charge in [-0.05, 0) is 35.9 Å². The second-order valence-electron chi connectivity index (χ2n) is 7.92. The highest BCUT2D eigenvalue weighted by atomic mass is 35.5. The Balaban J connectivity index is 1.58. The molecular weight excluding hydrogens is 492 g/mol. The van der Waals surface area contributed by atoms with Gasteiger partial charge in [0.15, 0.2) is 0 Å². The van der Waals surface area contributed by atoms with Gasteiger partial charge in [0.1, 0.15) is 6.04 Å². The zero-order valence-electron chi connectivity index (χ0n) is 18.2. The van der Waals surface area contributed by atoms with E-state index in [2.05, 4.69) is 10.2 Å². The van der Waals surface area contributed by atoms with Crippen molar-refractivity contribution in [1.29, 1.82) is 5.26 Å². The SMILES string of the molecule is N#Cc1cccc(S(=O)(=O)N2CCN(Cc3ccc(Cl)s3)CC2C(=O)NCc2ccccc2)c1. The molecule has 10 heteroatoms. The number of rotatable bonds is 7. The monoisotopic (exact) mass is 514 g/mol. The Morgan fingerprint density at radius 3 is 2.62 bits per heavy atom. The highest BCUT2D eigenvalue weighted by Crippen LogP contribution is 2.26. The number of benzene rings is 2. The van der Waals surface area contributed by atoms with Crippen molar-refractivity contribution >= 4 is 38.9 Å². The maximum atomic E-state index is 13.5. The predicted octanol–water partition coefficient (Wildman–Crippen LogP) is 3.46. The smallest absolute Gasteiger partial charge is 0.243 e. The van der Waals surface area contributed by atoms with E-state index in [1.165, 1.54) is 33.8 Å². The van der Waals surface area contributed by atoms with Crippen LogP contribution in [0.5, 0.6) is 0 Å². The largest absolute Gasteiger partial charge is 0.351 e. The molecule has 0 aliphatic carbocycles. The molecule has 0 spiro atoms. The maximum Gasteiger partial charge on any atom is 0.243 e. The van der Waals surface area contributed by atoms with Crippen molar-refractivity contribution in [3.63, 3.8) is 0 Å². The minimum absolute atomic E-state index is 0.00546. The fourth-order valence-corrected chi connectivity index (χ4v) is 6.64. The molecule has 4 rings (SSSR count). The van der Waals surface area contributed by atoms with Crippen molar-refractivity contribution in [2.24, 2.45) is 0 Å². The van der Waals surface area contributed by atoms with E-state index in [-0.39, 0.29) is 29.5 Å². The van der Waals surface area contributed by atoms with Gasteiger partial charge in [0, 0.05) is 37.6 Å². The highest BCUT2D eigenvalue weighted by molar-refractivity contribution is 7.89. The van der Waals surface area contributed by atoms with Crippen LogP contribution >= 0.6 is 22.9 Å². The number of nitrogens with one attached hydrogen (secondary N) is 1. The quantitative estimate of drug-likeness (QED) is 0.521. The number of carbonyl (C=O) groups is 1. The van der Waals surface area contributed by atoms with Crippen molar-refractivity contribution in [2.45, 2.75) is 24.0 Å². The molecule has 0 saturated carbocycles. The zero-order valence-corrected chi connectivity index (χ0v) is 20.6. The molecule has 2 aromatic carbocycles. The topological polar surface area (TPSA) is 93.5 Å². The molecule has 1 aromatic heterocycles. The van der Waals surface area contributed by atoms with Crippen molar-refractivity contribution in [1.82, 2.24) is 14.5 Å². The Hall–Kier alpha value is -2.74. The van der Waals surface area contributed by atoms with E-state index in [1.54, 1.807) is 6.07 Å². The van der Waals surface area contributed by atoms with Gasteiger partial charge in [0.25, 0.3) is 0 Å². The normalized spacial score (nSPS) is 17.2. The average Bonchev–Trinajstić information content (AvgIpc) is 3.27. The molecule has 1 N–H and O–H groups in total.